The summed E-state index contributed by atoms with van der Waals surface area (Å²) in [6.45, 7) is 6.41. The highest BCUT2D eigenvalue weighted by Crippen LogP contribution is 2.30. The maximum absolute atomic E-state index is 12.4. The van der Waals surface area contributed by atoms with Gasteiger partial charge in [0.15, 0.2) is 18.1 Å². The van der Waals surface area contributed by atoms with E-state index in [1.165, 1.54) is 0 Å². The summed E-state index contributed by atoms with van der Waals surface area (Å²) in [5.41, 5.74) is 2.80. The largest absolute Gasteiger partial charge is 0.490 e. The lowest BCUT2D eigenvalue weighted by Crippen LogP contribution is -2.22. The number of amides is 1. The van der Waals surface area contributed by atoms with Gasteiger partial charge < -0.3 is 14.8 Å². The highest BCUT2D eigenvalue weighted by molar-refractivity contribution is 6.32. The zero-order chi connectivity index (χ0) is 18.2. The van der Waals surface area contributed by atoms with Crippen LogP contribution in [0.1, 0.15) is 31.9 Å². The number of para-hydroxylation sites is 2. The molecule has 2 rings (SSSR count). The fourth-order valence-corrected chi connectivity index (χ4v) is 2.92. The van der Waals surface area contributed by atoms with Crippen LogP contribution in [0.3, 0.4) is 0 Å². The zero-order valence-electron chi connectivity index (χ0n) is 14.9. The molecule has 0 atom stereocenters. The van der Waals surface area contributed by atoms with Gasteiger partial charge in [-0.1, -0.05) is 43.6 Å². The topological polar surface area (TPSA) is 47.6 Å². The predicted octanol–water partition coefficient (Wildman–Crippen LogP) is 4.88. The fraction of sp³-hybridized carbons (Fsp3) is 0.350. The molecular formula is C20H24ClNO3. The molecule has 0 aliphatic heterocycles. The lowest BCUT2D eigenvalue weighted by Gasteiger charge is -2.16. The van der Waals surface area contributed by atoms with Crippen molar-refractivity contribution in [3.63, 3.8) is 0 Å². The molecule has 134 valence electrons. The first kappa shape index (κ1) is 19.1. The lowest BCUT2D eigenvalue weighted by molar-refractivity contribution is -0.118. The van der Waals surface area contributed by atoms with Crippen molar-refractivity contribution in [2.75, 3.05) is 18.5 Å². The molecule has 0 heterocycles. The number of carbonyl (C=O) groups is 1. The third kappa shape index (κ3) is 4.89. The first-order valence-electron chi connectivity index (χ1n) is 8.55. The second-order valence-corrected chi connectivity index (χ2v) is 5.89. The minimum Gasteiger partial charge on any atom is -0.490 e. The number of anilines is 1. The van der Waals surface area contributed by atoms with E-state index in [9.17, 15) is 4.79 Å². The number of nitrogens with one attached hydrogen (secondary N) is 1. The van der Waals surface area contributed by atoms with Crippen molar-refractivity contribution < 1.29 is 14.3 Å². The first-order chi connectivity index (χ1) is 12.1. The van der Waals surface area contributed by atoms with Crippen LogP contribution in [0.25, 0.3) is 0 Å². The van der Waals surface area contributed by atoms with E-state index in [1.807, 2.05) is 51.1 Å². The quantitative estimate of drug-likeness (QED) is 0.728. The third-order valence-electron chi connectivity index (χ3n) is 3.85. The summed E-state index contributed by atoms with van der Waals surface area (Å²) in [7, 11) is 0. The van der Waals surface area contributed by atoms with Gasteiger partial charge in [-0.15, -0.1) is 0 Å². The van der Waals surface area contributed by atoms with E-state index in [4.69, 9.17) is 21.1 Å². The van der Waals surface area contributed by atoms with Gasteiger partial charge in [0.25, 0.3) is 5.91 Å². The van der Waals surface area contributed by atoms with Gasteiger partial charge in [0.2, 0.25) is 0 Å². The lowest BCUT2D eigenvalue weighted by atomic mass is 10.0. The summed E-state index contributed by atoms with van der Waals surface area (Å²) in [4.78, 5) is 12.4. The average molecular weight is 362 g/mol. The van der Waals surface area contributed by atoms with E-state index in [0.29, 0.717) is 23.1 Å². The number of rotatable bonds is 8. The highest BCUT2D eigenvalue weighted by Gasteiger charge is 2.14. The van der Waals surface area contributed by atoms with Crippen molar-refractivity contribution in [2.45, 2.75) is 33.6 Å². The number of halogens is 1. The molecule has 5 heteroatoms. The molecule has 0 spiro atoms. The van der Waals surface area contributed by atoms with E-state index >= 15 is 0 Å². The molecule has 2 aromatic carbocycles. The molecule has 0 saturated carbocycles. The molecule has 0 aliphatic carbocycles. The van der Waals surface area contributed by atoms with Crippen molar-refractivity contribution in [1.29, 1.82) is 0 Å². The van der Waals surface area contributed by atoms with Crippen molar-refractivity contribution in [3.05, 3.63) is 52.5 Å². The number of hydrogen-bond acceptors (Lipinski definition) is 3. The van der Waals surface area contributed by atoms with E-state index in [-0.39, 0.29) is 12.5 Å². The van der Waals surface area contributed by atoms with Gasteiger partial charge in [-0.3, -0.25) is 4.79 Å². The van der Waals surface area contributed by atoms with Crippen molar-refractivity contribution in [3.8, 4) is 11.5 Å². The van der Waals surface area contributed by atoms with Gasteiger partial charge in [-0.2, -0.15) is 0 Å². The number of aryl methyl sites for hydroxylation is 1. The van der Waals surface area contributed by atoms with Crippen LogP contribution in [0, 0.1) is 0 Å². The second kappa shape index (κ2) is 9.33. The molecule has 0 fully saturated rings. The Morgan fingerprint density at radius 2 is 1.68 bits per heavy atom. The minimum atomic E-state index is -0.224. The van der Waals surface area contributed by atoms with Crippen LogP contribution in [0.4, 0.5) is 5.69 Å². The summed E-state index contributed by atoms with van der Waals surface area (Å²) < 4.78 is 11.1. The van der Waals surface area contributed by atoms with Crippen molar-refractivity contribution in [2.24, 2.45) is 0 Å². The summed E-state index contributed by atoms with van der Waals surface area (Å²) in [5.74, 6) is 0.957. The monoisotopic (exact) mass is 361 g/mol. The summed E-state index contributed by atoms with van der Waals surface area (Å²) in [6, 6.07) is 11.1. The van der Waals surface area contributed by atoms with Crippen LogP contribution in [0.2, 0.25) is 5.02 Å². The van der Waals surface area contributed by atoms with Crippen LogP contribution in [0.5, 0.6) is 11.5 Å². The van der Waals surface area contributed by atoms with Gasteiger partial charge in [0.05, 0.1) is 6.61 Å². The van der Waals surface area contributed by atoms with E-state index in [0.717, 1.165) is 29.7 Å². The average Bonchev–Trinajstić information content (AvgIpc) is 2.62. The predicted molar refractivity (Wildman–Crippen MR) is 102 cm³/mol. The Morgan fingerprint density at radius 1 is 1.00 bits per heavy atom. The molecule has 0 unspecified atom stereocenters. The molecule has 0 aliphatic rings. The molecule has 0 saturated heterocycles. The third-order valence-corrected chi connectivity index (χ3v) is 4.20. The molecule has 2 aromatic rings. The molecule has 1 amide bonds. The van der Waals surface area contributed by atoms with Gasteiger partial charge in [-0.05, 0) is 49.1 Å². The van der Waals surface area contributed by atoms with Gasteiger partial charge in [-0.25, -0.2) is 0 Å². The molecule has 4 nitrogen and oxygen atoms in total. The Bertz CT molecular complexity index is 731. The minimum absolute atomic E-state index is 0.0943. The Kier molecular flexibility index (Phi) is 7.14. The van der Waals surface area contributed by atoms with Crippen molar-refractivity contribution >= 4 is 23.2 Å². The van der Waals surface area contributed by atoms with Crippen LogP contribution in [0.15, 0.2) is 36.4 Å². The smallest absolute Gasteiger partial charge is 0.262 e. The Balaban J connectivity index is 2.10. The molecule has 1 N–H and O–H groups in total. The summed E-state index contributed by atoms with van der Waals surface area (Å²) in [5, 5.41) is 3.62. The number of benzene rings is 2. The summed E-state index contributed by atoms with van der Waals surface area (Å²) >= 11 is 6.27. The fourth-order valence-electron chi connectivity index (χ4n) is 2.63. The number of carbonyl (C=O) groups excluding carboxylic acids is 1. The first-order valence-corrected chi connectivity index (χ1v) is 8.93. The van der Waals surface area contributed by atoms with E-state index < -0.39 is 0 Å². The van der Waals surface area contributed by atoms with Crippen LogP contribution in [-0.4, -0.2) is 19.1 Å². The maximum atomic E-state index is 12.4. The highest BCUT2D eigenvalue weighted by atomic mass is 35.5. The molecule has 0 aromatic heterocycles. The van der Waals surface area contributed by atoms with Gasteiger partial charge in [0, 0.05) is 10.7 Å². The van der Waals surface area contributed by atoms with Crippen molar-refractivity contribution in [1.82, 2.24) is 0 Å². The molecular weight excluding hydrogens is 338 g/mol. The standard InChI is InChI=1S/C20H24ClNO3/c1-4-14-11-12-16(21)15(5-2)20(14)22-19(23)13-25-18-10-8-7-9-17(18)24-6-3/h7-12H,4-6,13H2,1-3H3,(H,22,23). The Labute approximate surface area is 154 Å². The van der Waals surface area contributed by atoms with Gasteiger partial charge in [0.1, 0.15) is 0 Å². The van der Waals surface area contributed by atoms with E-state index in [1.54, 1.807) is 6.07 Å². The van der Waals surface area contributed by atoms with E-state index in [2.05, 4.69) is 5.32 Å². The summed E-state index contributed by atoms with van der Waals surface area (Å²) in [6.07, 6.45) is 1.56. The maximum Gasteiger partial charge on any atom is 0.262 e. The second-order valence-electron chi connectivity index (χ2n) is 5.48. The number of ether oxygens (including phenoxy) is 2. The Morgan fingerprint density at radius 3 is 2.28 bits per heavy atom. The SMILES string of the molecule is CCOc1ccccc1OCC(=O)Nc1c(CC)ccc(Cl)c1CC. The Hall–Kier alpha value is -2.20. The normalized spacial score (nSPS) is 10.4. The molecule has 25 heavy (non-hydrogen) atoms. The van der Waals surface area contributed by atoms with Crippen LogP contribution in [-0.2, 0) is 17.6 Å². The molecule has 0 radical (unpaired) electrons. The molecule has 0 bridgehead atoms. The zero-order valence-corrected chi connectivity index (χ0v) is 15.7. The van der Waals surface area contributed by atoms with Gasteiger partial charge >= 0.3 is 0 Å². The number of hydrogen-bond donors (Lipinski definition) is 1. The van der Waals surface area contributed by atoms with Crippen LogP contribution >= 0.6 is 11.6 Å². The van der Waals surface area contributed by atoms with Crippen LogP contribution < -0.4 is 14.8 Å².